The van der Waals surface area contributed by atoms with Crippen LogP contribution in [-0.4, -0.2) is 30.9 Å². The smallest absolute Gasteiger partial charge is 0.237 e. The molecule has 0 aliphatic rings. The molecule has 1 aromatic carbocycles. The van der Waals surface area contributed by atoms with Crippen LogP contribution in [0.3, 0.4) is 0 Å². The van der Waals surface area contributed by atoms with Gasteiger partial charge in [0.25, 0.3) is 0 Å². The Morgan fingerprint density at radius 2 is 1.96 bits per heavy atom. The van der Waals surface area contributed by atoms with Crippen LogP contribution in [0.4, 0.5) is 14.5 Å². The molecule has 146 valence electrons. The number of amides is 1. The number of carbonyl (C=O) groups excluding carboxylic acids is 1. The highest BCUT2D eigenvalue weighted by molar-refractivity contribution is 8.00. The van der Waals surface area contributed by atoms with Gasteiger partial charge in [-0.25, -0.2) is 8.78 Å². The SMILES string of the molecule is CCCn1c(S[C@H](C)C(=O)Nc2cc(F)ccc2F)nnc1-c1ccncc1. The van der Waals surface area contributed by atoms with Crippen molar-refractivity contribution in [1.82, 2.24) is 19.7 Å². The van der Waals surface area contributed by atoms with Crippen molar-refractivity contribution in [2.24, 2.45) is 0 Å². The van der Waals surface area contributed by atoms with E-state index in [-0.39, 0.29) is 5.69 Å². The zero-order chi connectivity index (χ0) is 20.1. The van der Waals surface area contributed by atoms with E-state index in [0.717, 1.165) is 30.2 Å². The van der Waals surface area contributed by atoms with E-state index in [9.17, 15) is 13.6 Å². The predicted molar refractivity (Wildman–Crippen MR) is 104 cm³/mol. The summed E-state index contributed by atoms with van der Waals surface area (Å²) in [7, 11) is 0. The maximum Gasteiger partial charge on any atom is 0.237 e. The number of nitrogens with one attached hydrogen (secondary N) is 1. The lowest BCUT2D eigenvalue weighted by Gasteiger charge is -2.13. The van der Waals surface area contributed by atoms with Gasteiger partial charge in [0.1, 0.15) is 11.6 Å². The third-order valence-electron chi connectivity index (χ3n) is 3.94. The largest absolute Gasteiger partial charge is 0.323 e. The number of hydrogen-bond acceptors (Lipinski definition) is 5. The summed E-state index contributed by atoms with van der Waals surface area (Å²) in [5, 5.41) is 10.9. The minimum Gasteiger partial charge on any atom is -0.323 e. The molecular formula is C19H19F2N5OS. The van der Waals surface area contributed by atoms with Crippen LogP contribution < -0.4 is 5.32 Å². The van der Waals surface area contributed by atoms with Crippen molar-refractivity contribution in [2.75, 3.05) is 5.32 Å². The molecule has 28 heavy (non-hydrogen) atoms. The molecule has 1 atom stereocenters. The van der Waals surface area contributed by atoms with E-state index in [1.165, 1.54) is 11.8 Å². The molecule has 0 saturated heterocycles. The van der Waals surface area contributed by atoms with Crippen LogP contribution in [0.25, 0.3) is 11.4 Å². The molecule has 9 heteroatoms. The van der Waals surface area contributed by atoms with Crippen LogP contribution in [0.15, 0.2) is 47.9 Å². The van der Waals surface area contributed by atoms with Crippen LogP contribution in [0.1, 0.15) is 20.3 Å². The summed E-state index contributed by atoms with van der Waals surface area (Å²) in [4.78, 5) is 16.4. The predicted octanol–water partition coefficient (Wildman–Crippen LogP) is 4.15. The maximum absolute atomic E-state index is 13.8. The summed E-state index contributed by atoms with van der Waals surface area (Å²) < 4.78 is 29.0. The zero-order valence-electron chi connectivity index (χ0n) is 15.4. The summed E-state index contributed by atoms with van der Waals surface area (Å²) in [6, 6.07) is 6.60. The Balaban J connectivity index is 1.78. The first-order chi connectivity index (χ1) is 13.5. The van der Waals surface area contributed by atoms with Crippen LogP contribution in [0.5, 0.6) is 0 Å². The number of halogens is 2. The van der Waals surface area contributed by atoms with Gasteiger partial charge in [-0.1, -0.05) is 18.7 Å². The summed E-state index contributed by atoms with van der Waals surface area (Å²) in [6.45, 7) is 4.39. The first kappa shape index (κ1) is 19.9. The van der Waals surface area contributed by atoms with Gasteiger partial charge in [0.15, 0.2) is 11.0 Å². The minimum atomic E-state index is -0.693. The van der Waals surface area contributed by atoms with E-state index in [1.54, 1.807) is 19.3 Å². The topological polar surface area (TPSA) is 72.7 Å². The first-order valence-electron chi connectivity index (χ1n) is 8.75. The Labute approximate surface area is 165 Å². The molecule has 0 saturated carbocycles. The van der Waals surface area contributed by atoms with Gasteiger partial charge in [-0.3, -0.25) is 9.78 Å². The van der Waals surface area contributed by atoms with Crippen molar-refractivity contribution in [3.05, 3.63) is 54.4 Å². The second-order valence-electron chi connectivity index (χ2n) is 6.07. The quantitative estimate of drug-likeness (QED) is 0.600. The molecule has 0 aliphatic heterocycles. The molecule has 6 nitrogen and oxygen atoms in total. The Morgan fingerprint density at radius 1 is 1.21 bits per heavy atom. The number of anilines is 1. The van der Waals surface area contributed by atoms with Gasteiger partial charge in [-0.15, -0.1) is 10.2 Å². The Kier molecular flexibility index (Phi) is 6.35. The summed E-state index contributed by atoms with van der Waals surface area (Å²) >= 11 is 1.21. The number of pyridine rings is 1. The molecule has 0 radical (unpaired) electrons. The van der Waals surface area contributed by atoms with Crippen LogP contribution in [0, 0.1) is 11.6 Å². The number of hydrogen-bond donors (Lipinski definition) is 1. The van der Waals surface area contributed by atoms with E-state index in [0.29, 0.717) is 17.5 Å². The van der Waals surface area contributed by atoms with E-state index < -0.39 is 22.8 Å². The number of thioether (sulfide) groups is 1. The van der Waals surface area contributed by atoms with Crippen molar-refractivity contribution >= 4 is 23.4 Å². The Morgan fingerprint density at radius 3 is 2.68 bits per heavy atom. The summed E-state index contributed by atoms with van der Waals surface area (Å²) in [5.41, 5.74) is 0.687. The van der Waals surface area contributed by atoms with E-state index in [2.05, 4.69) is 20.5 Å². The van der Waals surface area contributed by atoms with Crippen LogP contribution >= 0.6 is 11.8 Å². The lowest BCUT2D eigenvalue weighted by molar-refractivity contribution is -0.115. The van der Waals surface area contributed by atoms with Gasteiger partial charge < -0.3 is 9.88 Å². The highest BCUT2D eigenvalue weighted by atomic mass is 32.2. The monoisotopic (exact) mass is 403 g/mol. The fourth-order valence-electron chi connectivity index (χ4n) is 2.55. The molecule has 1 amide bonds. The van der Waals surface area contributed by atoms with Crippen LogP contribution in [0.2, 0.25) is 0 Å². The summed E-state index contributed by atoms with van der Waals surface area (Å²) in [5.74, 6) is -1.08. The molecule has 2 aromatic heterocycles. The zero-order valence-corrected chi connectivity index (χ0v) is 16.2. The number of rotatable bonds is 7. The first-order valence-corrected chi connectivity index (χ1v) is 9.63. The van der Waals surface area contributed by atoms with Crippen molar-refractivity contribution in [3.8, 4) is 11.4 Å². The fraction of sp³-hybridized carbons (Fsp3) is 0.263. The average Bonchev–Trinajstić information content (AvgIpc) is 3.08. The molecule has 3 aromatic rings. The average molecular weight is 403 g/mol. The third kappa shape index (κ3) is 4.53. The van der Waals surface area contributed by atoms with Crippen molar-refractivity contribution < 1.29 is 13.6 Å². The van der Waals surface area contributed by atoms with Gasteiger partial charge in [0, 0.05) is 30.6 Å². The molecule has 3 rings (SSSR count). The lowest BCUT2D eigenvalue weighted by Crippen LogP contribution is -2.23. The van der Waals surface area contributed by atoms with Crippen molar-refractivity contribution in [3.63, 3.8) is 0 Å². The van der Waals surface area contributed by atoms with Gasteiger partial charge in [-0.05, 0) is 37.6 Å². The highest BCUT2D eigenvalue weighted by Crippen LogP contribution is 2.28. The van der Waals surface area contributed by atoms with Gasteiger partial charge in [0.05, 0.1) is 10.9 Å². The molecule has 2 heterocycles. The molecule has 0 aliphatic carbocycles. The fourth-order valence-corrected chi connectivity index (χ4v) is 3.43. The van der Waals surface area contributed by atoms with Crippen molar-refractivity contribution in [1.29, 1.82) is 0 Å². The van der Waals surface area contributed by atoms with Crippen LogP contribution in [-0.2, 0) is 11.3 Å². The maximum atomic E-state index is 13.8. The summed E-state index contributed by atoms with van der Waals surface area (Å²) in [6.07, 6.45) is 4.21. The second-order valence-corrected chi connectivity index (χ2v) is 7.38. The number of benzene rings is 1. The van der Waals surface area contributed by atoms with Gasteiger partial charge in [0.2, 0.25) is 5.91 Å². The Hall–Kier alpha value is -2.81. The highest BCUT2D eigenvalue weighted by Gasteiger charge is 2.21. The number of aromatic nitrogens is 4. The molecule has 0 fully saturated rings. The van der Waals surface area contributed by atoms with Gasteiger partial charge in [-0.2, -0.15) is 0 Å². The van der Waals surface area contributed by atoms with E-state index >= 15 is 0 Å². The third-order valence-corrected chi connectivity index (χ3v) is 5.02. The molecule has 1 N–H and O–H groups in total. The number of nitrogens with zero attached hydrogens (tertiary/aromatic N) is 4. The standard InChI is InChI=1S/C19H19F2N5OS/c1-3-10-26-17(13-6-8-22-9-7-13)24-25-19(26)28-12(2)18(27)23-16-11-14(20)4-5-15(16)21/h4-9,11-12H,3,10H2,1-2H3,(H,23,27)/t12-/m1/s1. The van der Waals surface area contributed by atoms with Crippen molar-refractivity contribution in [2.45, 2.75) is 37.2 Å². The molecule has 0 unspecified atom stereocenters. The second kappa shape index (κ2) is 8.92. The number of carbonyl (C=O) groups is 1. The van der Waals surface area contributed by atoms with Gasteiger partial charge >= 0.3 is 0 Å². The Bertz CT molecular complexity index is 964. The lowest BCUT2D eigenvalue weighted by atomic mass is 10.2. The van der Waals surface area contributed by atoms with E-state index in [1.807, 2.05) is 23.6 Å². The molecule has 0 bridgehead atoms. The van der Waals surface area contributed by atoms with E-state index in [4.69, 9.17) is 0 Å². The normalized spacial score (nSPS) is 12.0. The molecule has 0 spiro atoms. The minimum absolute atomic E-state index is 0.190. The molecular weight excluding hydrogens is 384 g/mol.